The van der Waals surface area contributed by atoms with E-state index in [1.54, 1.807) is 0 Å². The molecule has 0 aromatic carbocycles. The third-order valence-electron chi connectivity index (χ3n) is 2.89. The molecule has 0 unspecified atom stereocenters. The number of pyridine rings is 1. The van der Waals surface area contributed by atoms with Crippen molar-refractivity contribution in [3.63, 3.8) is 0 Å². The minimum atomic E-state index is 0.702. The van der Waals surface area contributed by atoms with Crippen LogP contribution >= 0.6 is 0 Å². The molecule has 0 aliphatic rings. The Morgan fingerprint density at radius 3 is 2.22 bits per heavy atom. The number of hydrogen-bond donors (Lipinski definition) is 1. The van der Waals surface area contributed by atoms with Gasteiger partial charge in [0.1, 0.15) is 5.69 Å². The van der Waals surface area contributed by atoms with Gasteiger partial charge in [0, 0.05) is 29.2 Å². The summed E-state index contributed by atoms with van der Waals surface area (Å²) in [6.07, 6.45) is 0. The van der Waals surface area contributed by atoms with Crippen LogP contribution in [0.4, 0.5) is 0 Å². The van der Waals surface area contributed by atoms with Crippen molar-refractivity contribution in [2.45, 2.75) is 27.3 Å². The van der Waals surface area contributed by atoms with Crippen LogP contribution in [0.15, 0.2) is 18.2 Å². The third kappa shape index (κ3) is 2.54. The van der Waals surface area contributed by atoms with Gasteiger partial charge in [0.25, 0.3) is 0 Å². The zero-order valence-electron chi connectivity index (χ0n) is 11.3. The first kappa shape index (κ1) is 12.6. The highest BCUT2D eigenvalue weighted by molar-refractivity contribution is 5.50. The second-order valence-electron chi connectivity index (χ2n) is 4.39. The second kappa shape index (κ2) is 5.23. The molecule has 2 aromatic rings. The number of nitrogens with one attached hydrogen (secondary N) is 1. The molecule has 2 rings (SSSR count). The van der Waals surface area contributed by atoms with Gasteiger partial charge in [-0.05, 0) is 40.0 Å². The maximum Gasteiger partial charge on any atom is 0.178 e. The molecule has 0 aliphatic heterocycles. The molecule has 18 heavy (non-hydrogen) atoms. The van der Waals surface area contributed by atoms with Crippen molar-refractivity contribution in [2.75, 3.05) is 7.05 Å². The fraction of sp³-hybridized carbons (Fsp3) is 0.357. The highest BCUT2D eigenvalue weighted by Gasteiger charge is 2.10. The predicted octanol–water partition coefficient (Wildman–Crippen LogP) is 2.18. The average Bonchev–Trinajstić information content (AvgIpc) is 2.33. The predicted molar refractivity (Wildman–Crippen MR) is 72.2 cm³/mol. The highest BCUT2D eigenvalue weighted by atomic mass is 14.9. The lowest BCUT2D eigenvalue weighted by Gasteiger charge is -2.10. The summed E-state index contributed by atoms with van der Waals surface area (Å²) in [7, 11) is 1.93. The SMILES string of the molecule is CNCc1c(C)nc(-c2cccc(C)n2)nc1C. The van der Waals surface area contributed by atoms with Crippen molar-refractivity contribution in [1.29, 1.82) is 0 Å². The van der Waals surface area contributed by atoms with Gasteiger partial charge in [-0.25, -0.2) is 15.0 Å². The Balaban J connectivity index is 2.48. The topological polar surface area (TPSA) is 50.7 Å². The van der Waals surface area contributed by atoms with Gasteiger partial charge < -0.3 is 5.32 Å². The lowest BCUT2D eigenvalue weighted by atomic mass is 10.1. The molecule has 0 radical (unpaired) electrons. The lowest BCUT2D eigenvalue weighted by Crippen LogP contribution is -2.11. The summed E-state index contributed by atoms with van der Waals surface area (Å²) in [5.74, 6) is 0.702. The molecule has 0 bridgehead atoms. The first-order valence-electron chi connectivity index (χ1n) is 6.04. The molecule has 0 amide bonds. The number of aryl methyl sites for hydroxylation is 3. The summed E-state index contributed by atoms with van der Waals surface area (Å²) in [6.45, 7) is 6.79. The Kier molecular flexibility index (Phi) is 3.67. The largest absolute Gasteiger partial charge is 0.316 e. The standard InChI is InChI=1S/C14H18N4/c1-9-6-5-7-13(16-9)14-17-10(2)12(8-15-4)11(3)18-14/h5-7,15H,8H2,1-4H3. The lowest BCUT2D eigenvalue weighted by molar-refractivity contribution is 0.786. The van der Waals surface area contributed by atoms with Gasteiger partial charge in [-0.2, -0.15) is 0 Å². The monoisotopic (exact) mass is 242 g/mol. The first-order valence-corrected chi connectivity index (χ1v) is 6.04. The van der Waals surface area contributed by atoms with Gasteiger partial charge in [0.05, 0.1) is 0 Å². The van der Waals surface area contributed by atoms with E-state index >= 15 is 0 Å². The Hall–Kier alpha value is -1.81. The molecule has 2 heterocycles. The molecule has 0 atom stereocenters. The molecule has 0 saturated heterocycles. The van der Waals surface area contributed by atoms with Gasteiger partial charge in [0.2, 0.25) is 0 Å². The van der Waals surface area contributed by atoms with E-state index in [4.69, 9.17) is 0 Å². The molecule has 4 heteroatoms. The number of hydrogen-bond acceptors (Lipinski definition) is 4. The minimum absolute atomic E-state index is 0.702. The summed E-state index contributed by atoms with van der Waals surface area (Å²) in [5.41, 5.74) is 4.99. The van der Waals surface area contributed by atoms with Crippen LogP contribution in [0.25, 0.3) is 11.5 Å². The van der Waals surface area contributed by atoms with Crippen LogP contribution in [-0.2, 0) is 6.54 Å². The number of nitrogens with zero attached hydrogens (tertiary/aromatic N) is 3. The van der Waals surface area contributed by atoms with Gasteiger partial charge in [0.15, 0.2) is 5.82 Å². The molecule has 4 nitrogen and oxygen atoms in total. The van der Waals surface area contributed by atoms with Crippen molar-refractivity contribution in [3.8, 4) is 11.5 Å². The van der Waals surface area contributed by atoms with Gasteiger partial charge in [-0.3, -0.25) is 0 Å². The number of aromatic nitrogens is 3. The van der Waals surface area contributed by atoms with Crippen LogP contribution in [-0.4, -0.2) is 22.0 Å². The molecule has 2 aromatic heterocycles. The summed E-state index contributed by atoms with van der Waals surface area (Å²) in [5, 5.41) is 3.14. The Morgan fingerprint density at radius 2 is 1.67 bits per heavy atom. The maximum atomic E-state index is 4.55. The maximum absolute atomic E-state index is 4.55. The fourth-order valence-corrected chi connectivity index (χ4v) is 1.95. The van der Waals surface area contributed by atoms with Gasteiger partial charge in [-0.15, -0.1) is 0 Å². The Labute approximate surface area is 108 Å². The van der Waals surface area contributed by atoms with E-state index in [9.17, 15) is 0 Å². The van der Waals surface area contributed by atoms with Crippen LogP contribution in [0.1, 0.15) is 22.6 Å². The minimum Gasteiger partial charge on any atom is -0.316 e. The fourth-order valence-electron chi connectivity index (χ4n) is 1.95. The highest BCUT2D eigenvalue weighted by Crippen LogP contribution is 2.17. The van der Waals surface area contributed by atoms with Crippen molar-refractivity contribution in [3.05, 3.63) is 40.8 Å². The molecule has 0 spiro atoms. The third-order valence-corrected chi connectivity index (χ3v) is 2.89. The van der Waals surface area contributed by atoms with Gasteiger partial charge >= 0.3 is 0 Å². The average molecular weight is 242 g/mol. The number of rotatable bonds is 3. The molecule has 1 N–H and O–H groups in total. The summed E-state index contributed by atoms with van der Waals surface area (Å²) < 4.78 is 0. The van der Waals surface area contributed by atoms with E-state index < -0.39 is 0 Å². The normalized spacial score (nSPS) is 10.7. The Morgan fingerprint density at radius 1 is 1.00 bits per heavy atom. The van der Waals surface area contributed by atoms with E-state index in [2.05, 4.69) is 20.3 Å². The van der Waals surface area contributed by atoms with Crippen molar-refractivity contribution >= 4 is 0 Å². The molecule has 0 saturated carbocycles. The quantitative estimate of drug-likeness (QED) is 0.896. The molecule has 0 aliphatic carbocycles. The second-order valence-corrected chi connectivity index (χ2v) is 4.39. The summed E-state index contributed by atoms with van der Waals surface area (Å²) in [6, 6.07) is 5.89. The molecule has 0 fully saturated rings. The van der Waals surface area contributed by atoms with Crippen LogP contribution in [0.3, 0.4) is 0 Å². The van der Waals surface area contributed by atoms with E-state index in [1.165, 1.54) is 0 Å². The van der Waals surface area contributed by atoms with Crippen LogP contribution in [0.5, 0.6) is 0 Å². The van der Waals surface area contributed by atoms with E-state index in [1.807, 2.05) is 46.0 Å². The van der Waals surface area contributed by atoms with Gasteiger partial charge in [-0.1, -0.05) is 6.07 Å². The summed E-state index contributed by atoms with van der Waals surface area (Å²) >= 11 is 0. The smallest absolute Gasteiger partial charge is 0.178 e. The Bertz CT molecular complexity index is 540. The molecular formula is C14H18N4. The first-order chi connectivity index (χ1) is 8.61. The van der Waals surface area contributed by atoms with E-state index in [-0.39, 0.29) is 0 Å². The van der Waals surface area contributed by atoms with Crippen molar-refractivity contribution in [1.82, 2.24) is 20.3 Å². The molecule has 94 valence electrons. The molecular weight excluding hydrogens is 224 g/mol. The zero-order chi connectivity index (χ0) is 13.1. The van der Waals surface area contributed by atoms with Crippen molar-refractivity contribution < 1.29 is 0 Å². The summed E-state index contributed by atoms with van der Waals surface area (Å²) in [4.78, 5) is 13.6. The van der Waals surface area contributed by atoms with E-state index in [0.717, 1.165) is 34.9 Å². The zero-order valence-corrected chi connectivity index (χ0v) is 11.3. The van der Waals surface area contributed by atoms with Crippen molar-refractivity contribution in [2.24, 2.45) is 0 Å². The van der Waals surface area contributed by atoms with Crippen LogP contribution < -0.4 is 5.32 Å². The van der Waals surface area contributed by atoms with E-state index in [0.29, 0.717) is 5.82 Å². The van der Waals surface area contributed by atoms with Crippen LogP contribution in [0, 0.1) is 20.8 Å². The van der Waals surface area contributed by atoms with Crippen LogP contribution in [0.2, 0.25) is 0 Å².